The van der Waals surface area contributed by atoms with Gasteiger partial charge in [0.2, 0.25) is 5.91 Å². The number of rotatable bonds is 4. The molecule has 98 valence electrons. The highest BCUT2D eigenvalue weighted by Gasteiger charge is 2.16. The molecule has 1 amide bonds. The molecule has 0 aliphatic rings. The topological polar surface area (TPSA) is 85.1 Å². The minimum absolute atomic E-state index is 0.0574. The number of aromatic nitrogens is 1. The Bertz CT molecular complexity index is 629. The SMILES string of the molecule is O=C(Cc1ccccc1[N+](=O)[O-])Nc1ncc(Br)s1. The van der Waals surface area contributed by atoms with Gasteiger partial charge in [-0.1, -0.05) is 29.5 Å². The van der Waals surface area contributed by atoms with Gasteiger partial charge in [0.1, 0.15) is 0 Å². The quantitative estimate of drug-likeness (QED) is 0.684. The van der Waals surface area contributed by atoms with Crippen LogP contribution < -0.4 is 5.32 Å². The summed E-state index contributed by atoms with van der Waals surface area (Å²) >= 11 is 4.51. The van der Waals surface area contributed by atoms with Crippen LogP contribution in [0.25, 0.3) is 0 Å². The third-order valence-corrected chi connectivity index (χ3v) is 3.65. The minimum Gasteiger partial charge on any atom is -0.302 e. The van der Waals surface area contributed by atoms with Crippen LogP contribution in [0.3, 0.4) is 0 Å². The van der Waals surface area contributed by atoms with Gasteiger partial charge in [-0.15, -0.1) is 0 Å². The number of carbonyl (C=O) groups excluding carboxylic acids is 1. The number of thiazole rings is 1. The first-order chi connectivity index (χ1) is 9.06. The summed E-state index contributed by atoms with van der Waals surface area (Å²) in [4.78, 5) is 26.1. The average molecular weight is 342 g/mol. The van der Waals surface area contributed by atoms with E-state index in [1.165, 1.54) is 17.4 Å². The molecule has 2 rings (SSSR count). The van der Waals surface area contributed by atoms with Crippen molar-refractivity contribution in [2.45, 2.75) is 6.42 Å². The van der Waals surface area contributed by atoms with Crippen molar-refractivity contribution >= 4 is 44.0 Å². The second-order valence-corrected chi connectivity index (χ2v) is 5.99. The lowest BCUT2D eigenvalue weighted by atomic mass is 10.1. The predicted octanol–water partition coefficient (Wildman–Crippen LogP) is 3.00. The molecule has 0 saturated carbocycles. The summed E-state index contributed by atoms with van der Waals surface area (Å²) < 4.78 is 0.800. The van der Waals surface area contributed by atoms with Gasteiger partial charge in [0, 0.05) is 11.6 Å². The number of nitrogens with zero attached hydrogens (tertiary/aromatic N) is 2. The summed E-state index contributed by atoms with van der Waals surface area (Å²) in [5.74, 6) is -0.337. The van der Waals surface area contributed by atoms with Crippen LogP contribution in [-0.4, -0.2) is 15.8 Å². The second kappa shape index (κ2) is 5.89. The number of hydrogen-bond donors (Lipinski definition) is 1. The highest BCUT2D eigenvalue weighted by Crippen LogP contribution is 2.24. The molecule has 0 radical (unpaired) electrons. The number of para-hydroxylation sites is 1. The zero-order valence-electron chi connectivity index (χ0n) is 9.50. The van der Waals surface area contributed by atoms with Crippen LogP contribution >= 0.6 is 27.3 Å². The van der Waals surface area contributed by atoms with Gasteiger partial charge < -0.3 is 5.32 Å². The van der Waals surface area contributed by atoms with E-state index in [1.54, 1.807) is 24.4 Å². The Morgan fingerprint density at radius 2 is 2.21 bits per heavy atom. The molecule has 2 aromatic rings. The number of anilines is 1. The summed E-state index contributed by atoms with van der Waals surface area (Å²) in [5, 5.41) is 13.9. The van der Waals surface area contributed by atoms with E-state index in [9.17, 15) is 14.9 Å². The van der Waals surface area contributed by atoms with Crippen LogP contribution in [0.4, 0.5) is 10.8 Å². The van der Waals surface area contributed by atoms with Gasteiger partial charge in [-0.3, -0.25) is 14.9 Å². The zero-order chi connectivity index (χ0) is 13.8. The average Bonchev–Trinajstić information content (AvgIpc) is 2.75. The highest BCUT2D eigenvalue weighted by atomic mass is 79.9. The van der Waals surface area contributed by atoms with Crippen molar-refractivity contribution in [3.8, 4) is 0 Å². The van der Waals surface area contributed by atoms with Crippen LogP contribution in [0, 0.1) is 10.1 Å². The predicted molar refractivity (Wildman–Crippen MR) is 75.2 cm³/mol. The van der Waals surface area contributed by atoms with Gasteiger partial charge >= 0.3 is 0 Å². The van der Waals surface area contributed by atoms with Crippen molar-refractivity contribution < 1.29 is 9.72 Å². The number of nitro benzene ring substituents is 1. The molecule has 8 heteroatoms. The molecular formula is C11H8BrN3O3S. The Morgan fingerprint density at radius 3 is 2.84 bits per heavy atom. The van der Waals surface area contributed by atoms with Crippen LogP contribution in [-0.2, 0) is 11.2 Å². The third kappa shape index (κ3) is 3.58. The van der Waals surface area contributed by atoms with Crippen molar-refractivity contribution in [2.75, 3.05) is 5.32 Å². The number of carbonyl (C=O) groups is 1. The van der Waals surface area contributed by atoms with E-state index in [1.807, 2.05) is 0 Å². The van der Waals surface area contributed by atoms with Crippen LogP contribution in [0.5, 0.6) is 0 Å². The first-order valence-electron chi connectivity index (χ1n) is 5.20. The van der Waals surface area contributed by atoms with E-state index in [4.69, 9.17) is 0 Å². The van der Waals surface area contributed by atoms with Gasteiger partial charge in [-0.2, -0.15) is 0 Å². The number of halogens is 1. The Morgan fingerprint density at radius 1 is 1.47 bits per heavy atom. The lowest BCUT2D eigenvalue weighted by molar-refractivity contribution is -0.385. The van der Waals surface area contributed by atoms with E-state index < -0.39 is 4.92 Å². The van der Waals surface area contributed by atoms with Crippen molar-refractivity contribution in [3.05, 3.63) is 49.9 Å². The number of nitrogens with one attached hydrogen (secondary N) is 1. The monoisotopic (exact) mass is 341 g/mol. The zero-order valence-corrected chi connectivity index (χ0v) is 11.9. The molecule has 1 aromatic heterocycles. The fraction of sp³-hybridized carbons (Fsp3) is 0.0909. The first-order valence-corrected chi connectivity index (χ1v) is 6.80. The maximum Gasteiger partial charge on any atom is 0.273 e. The summed E-state index contributed by atoms with van der Waals surface area (Å²) in [6, 6.07) is 6.17. The maximum absolute atomic E-state index is 11.8. The van der Waals surface area contributed by atoms with E-state index in [-0.39, 0.29) is 18.0 Å². The van der Waals surface area contributed by atoms with Gasteiger partial charge in [-0.05, 0) is 15.9 Å². The van der Waals surface area contributed by atoms with E-state index in [2.05, 4.69) is 26.2 Å². The van der Waals surface area contributed by atoms with Crippen LogP contribution in [0.15, 0.2) is 34.2 Å². The van der Waals surface area contributed by atoms with E-state index >= 15 is 0 Å². The normalized spacial score (nSPS) is 10.2. The van der Waals surface area contributed by atoms with E-state index in [0.717, 1.165) is 3.79 Å². The Kier molecular flexibility index (Phi) is 4.23. The van der Waals surface area contributed by atoms with Crippen LogP contribution in [0.1, 0.15) is 5.56 Å². The van der Waals surface area contributed by atoms with Crippen molar-refractivity contribution in [3.63, 3.8) is 0 Å². The molecule has 0 atom stereocenters. The van der Waals surface area contributed by atoms with Gasteiger partial charge in [0.05, 0.1) is 21.3 Å². The number of hydrogen-bond acceptors (Lipinski definition) is 5. The standard InChI is InChI=1S/C11H8BrN3O3S/c12-9-6-13-11(19-9)14-10(16)5-7-3-1-2-4-8(7)15(17)18/h1-4,6H,5H2,(H,13,14,16). The Hall–Kier alpha value is -1.80. The van der Waals surface area contributed by atoms with Crippen molar-refractivity contribution in [1.82, 2.24) is 4.98 Å². The largest absolute Gasteiger partial charge is 0.302 e. The summed E-state index contributed by atoms with van der Waals surface area (Å²) in [5.41, 5.74) is 0.318. The van der Waals surface area contributed by atoms with Crippen molar-refractivity contribution in [2.24, 2.45) is 0 Å². The number of benzene rings is 1. The number of amides is 1. The molecule has 0 aliphatic carbocycles. The Labute approximate surface area is 120 Å². The fourth-order valence-electron chi connectivity index (χ4n) is 1.49. The molecule has 0 fully saturated rings. The summed E-state index contributed by atoms with van der Waals surface area (Å²) in [6.07, 6.45) is 1.51. The molecule has 6 nitrogen and oxygen atoms in total. The first kappa shape index (κ1) is 13.6. The van der Waals surface area contributed by atoms with Crippen LogP contribution in [0.2, 0.25) is 0 Å². The molecule has 19 heavy (non-hydrogen) atoms. The smallest absolute Gasteiger partial charge is 0.273 e. The third-order valence-electron chi connectivity index (χ3n) is 2.26. The molecule has 0 bridgehead atoms. The molecule has 1 aromatic carbocycles. The lowest BCUT2D eigenvalue weighted by Crippen LogP contribution is -2.15. The lowest BCUT2D eigenvalue weighted by Gasteiger charge is -2.02. The fourth-order valence-corrected chi connectivity index (χ4v) is 2.61. The summed E-state index contributed by atoms with van der Waals surface area (Å²) in [7, 11) is 0. The summed E-state index contributed by atoms with van der Waals surface area (Å²) in [6.45, 7) is 0. The molecular weight excluding hydrogens is 334 g/mol. The highest BCUT2D eigenvalue weighted by molar-refractivity contribution is 9.11. The van der Waals surface area contributed by atoms with Gasteiger partial charge in [0.15, 0.2) is 5.13 Å². The molecule has 0 unspecified atom stereocenters. The molecule has 0 aliphatic heterocycles. The van der Waals surface area contributed by atoms with Gasteiger partial charge in [0.25, 0.3) is 5.69 Å². The second-order valence-electron chi connectivity index (χ2n) is 3.58. The van der Waals surface area contributed by atoms with Gasteiger partial charge in [-0.25, -0.2) is 4.98 Å². The molecule has 0 saturated heterocycles. The molecule has 1 heterocycles. The minimum atomic E-state index is -0.497. The molecule has 1 N–H and O–H groups in total. The maximum atomic E-state index is 11.8. The Balaban J connectivity index is 2.09. The number of nitro groups is 1. The van der Waals surface area contributed by atoms with E-state index in [0.29, 0.717) is 10.7 Å². The molecule has 0 spiro atoms. The van der Waals surface area contributed by atoms with Crippen molar-refractivity contribution in [1.29, 1.82) is 0 Å².